The van der Waals surface area contributed by atoms with Crippen molar-refractivity contribution in [2.45, 2.75) is 0 Å². The van der Waals surface area contributed by atoms with Crippen LogP contribution < -0.4 is 9.47 Å². The van der Waals surface area contributed by atoms with Crippen LogP contribution in [0.5, 0.6) is 23.1 Å². The smallest absolute Gasteiger partial charge is 0.376 e. The molecular formula is C28H24N6O7. The van der Waals surface area contributed by atoms with Crippen LogP contribution in [0.3, 0.4) is 0 Å². The molecule has 3 heterocycles. The van der Waals surface area contributed by atoms with Crippen LogP contribution in [0.15, 0.2) is 85.2 Å². The number of fused-ring (bicyclic) bond motifs is 1. The van der Waals surface area contributed by atoms with Crippen LogP contribution >= 0.6 is 0 Å². The predicted molar refractivity (Wildman–Crippen MR) is 148 cm³/mol. The number of ether oxygens (including phenoxy) is 2. The van der Waals surface area contributed by atoms with Gasteiger partial charge in [-0.1, -0.05) is 12.1 Å². The number of imidazole rings is 1. The summed E-state index contributed by atoms with van der Waals surface area (Å²) in [5.74, 6) is 1.07. The van der Waals surface area contributed by atoms with E-state index in [1.54, 1.807) is 62.9 Å². The van der Waals surface area contributed by atoms with Crippen LogP contribution in [-0.2, 0) is 4.79 Å². The standard InChI is InChI=1S/C26H21N5O3.C2H3NO4/c1-31(2)26(32)17-9-11-18(12-10-17)33-22-15-20-21(16-23(22)34-24-8-4-6-14-28-24)30-25(29-20)19-7-3-5-13-27-19;4-2(5)1-3(6)7/h3-16H,1-2H3,(H,29,30);1H2,(H,4,5). The lowest BCUT2D eigenvalue weighted by atomic mass is 10.2. The van der Waals surface area contributed by atoms with Crippen LogP contribution in [0.1, 0.15) is 10.4 Å². The van der Waals surface area contributed by atoms with Crippen molar-refractivity contribution in [1.29, 1.82) is 0 Å². The molecule has 0 fully saturated rings. The number of carboxylic acid groups (broad SMARTS) is 1. The van der Waals surface area contributed by atoms with Crippen LogP contribution in [0.4, 0.5) is 0 Å². The van der Waals surface area contributed by atoms with E-state index in [9.17, 15) is 19.7 Å². The zero-order chi connectivity index (χ0) is 29.4. The molecular weight excluding hydrogens is 532 g/mol. The molecule has 0 bridgehead atoms. The molecule has 41 heavy (non-hydrogen) atoms. The lowest BCUT2D eigenvalue weighted by molar-refractivity contribution is -0.469. The van der Waals surface area contributed by atoms with Gasteiger partial charge in [-0.3, -0.25) is 19.9 Å². The van der Waals surface area contributed by atoms with Gasteiger partial charge in [0.15, 0.2) is 17.3 Å². The summed E-state index contributed by atoms with van der Waals surface area (Å²) in [7, 11) is 3.43. The van der Waals surface area contributed by atoms with Gasteiger partial charge in [-0.2, -0.15) is 0 Å². The van der Waals surface area contributed by atoms with Crippen molar-refractivity contribution < 1.29 is 29.1 Å². The van der Waals surface area contributed by atoms with E-state index in [2.05, 4.69) is 19.9 Å². The molecule has 0 spiro atoms. The number of benzene rings is 2. The van der Waals surface area contributed by atoms with Gasteiger partial charge in [-0.25, -0.2) is 14.8 Å². The zero-order valence-corrected chi connectivity index (χ0v) is 21.9. The topological polar surface area (TPSA) is 174 Å². The van der Waals surface area contributed by atoms with Crippen molar-refractivity contribution in [3.63, 3.8) is 0 Å². The quantitative estimate of drug-likeness (QED) is 0.202. The molecule has 5 aromatic rings. The molecule has 0 saturated carbocycles. The number of carboxylic acids is 1. The number of pyridine rings is 2. The Bertz CT molecular complexity index is 1640. The number of nitro groups is 1. The average molecular weight is 557 g/mol. The van der Waals surface area contributed by atoms with Gasteiger partial charge in [-0.05, 0) is 42.5 Å². The molecule has 208 valence electrons. The van der Waals surface area contributed by atoms with E-state index in [1.165, 1.54) is 4.90 Å². The number of carbonyl (C=O) groups excluding carboxylic acids is 1. The number of carbonyl (C=O) groups is 2. The molecule has 0 aliphatic heterocycles. The lowest BCUT2D eigenvalue weighted by Gasteiger charge is -2.13. The SMILES string of the molecule is CN(C)C(=O)c1ccc(Oc2cc3[nH]c(-c4ccccn4)nc3cc2Oc2ccccn2)cc1.O=C(O)C[N+](=O)[O-]. The summed E-state index contributed by atoms with van der Waals surface area (Å²) in [5, 5.41) is 16.9. The van der Waals surface area contributed by atoms with Crippen LogP contribution in [0.25, 0.3) is 22.6 Å². The van der Waals surface area contributed by atoms with Gasteiger partial charge in [0.2, 0.25) is 5.88 Å². The van der Waals surface area contributed by atoms with Crippen LogP contribution in [-0.4, -0.2) is 67.4 Å². The fourth-order valence-electron chi connectivity index (χ4n) is 3.48. The Morgan fingerprint density at radius 2 is 1.63 bits per heavy atom. The molecule has 0 atom stereocenters. The maximum atomic E-state index is 12.2. The first-order chi connectivity index (χ1) is 19.7. The Morgan fingerprint density at radius 1 is 0.951 bits per heavy atom. The molecule has 3 aromatic heterocycles. The van der Waals surface area contributed by atoms with E-state index in [-0.39, 0.29) is 5.91 Å². The third kappa shape index (κ3) is 7.60. The van der Waals surface area contributed by atoms with Gasteiger partial charge in [-0.15, -0.1) is 0 Å². The number of amides is 1. The Hall–Kier alpha value is -5.85. The maximum Gasteiger partial charge on any atom is 0.376 e. The number of hydrogen-bond acceptors (Lipinski definition) is 9. The molecule has 2 N–H and O–H groups in total. The second kappa shape index (κ2) is 12.8. The summed E-state index contributed by atoms with van der Waals surface area (Å²) < 4.78 is 12.2. The molecule has 13 heteroatoms. The maximum absolute atomic E-state index is 12.2. The third-order valence-electron chi connectivity index (χ3n) is 5.31. The first-order valence-corrected chi connectivity index (χ1v) is 12.1. The van der Waals surface area contributed by atoms with Gasteiger partial charge >= 0.3 is 5.97 Å². The summed E-state index contributed by atoms with van der Waals surface area (Å²) >= 11 is 0. The van der Waals surface area contributed by atoms with Crippen molar-refractivity contribution >= 4 is 22.9 Å². The van der Waals surface area contributed by atoms with E-state index < -0.39 is 17.4 Å². The first-order valence-electron chi connectivity index (χ1n) is 12.1. The van der Waals surface area contributed by atoms with Crippen molar-refractivity contribution in [3.8, 4) is 34.6 Å². The first kappa shape index (κ1) is 28.2. The largest absolute Gasteiger partial charge is 0.476 e. The number of rotatable bonds is 8. The number of hydrogen-bond donors (Lipinski definition) is 2. The highest BCUT2D eigenvalue weighted by Gasteiger charge is 2.15. The van der Waals surface area contributed by atoms with E-state index in [0.29, 0.717) is 40.0 Å². The predicted octanol–water partition coefficient (Wildman–Crippen LogP) is 4.65. The van der Waals surface area contributed by atoms with Crippen LogP contribution in [0.2, 0.25) is 0 Å². The van der Waals surface area contributed by atoms with Crippen LogP contribution in [0, 0.1) is 10.1 Å². The van der Waals surface area contributed by atoms with Gasteiger partial charge in [0.25, 0.3) is 12.5 Å². The minimum absolute atomic E-state index is 0.0772. The van der Waals surface area contributed by atoms with Crippen molar-refractivity contribution in [1.82, 2.24) is 24.8 Å². The minimum Gasteiger partial charge on any atom is -0.476 e. The van der Waals surface area contributed by atoms with Gasteiger partial charge in [0, 0.05) is 55.2 Å². The molecule has 0 aliphatic rings. The summed E-state index contributed by atoms with van der Waals surface area (Å²) in [6.45, 7) is -1.00. The number of H-pyrrole nitrogens is 1. The minimum atomic E-state index is -1.41. The molecule has 0 unspecified atom stereocenters. The summed E-state index contributed by atoms with van der Waals surface area (Å²) in [6.07, 6.45) is 3.37. The monoisotopic (exact) mass is 556 g/mol. The average Bonchev–Trinajstić information content (AvgIpc) is 3.37. The molecule has 13 nitrogen and oxygen atoms in total. The summed E-state index contributed by atoms with van der Waals surface area (Å²) in [5.41, 5.74) is 2.77. The highest BCUT2D eigenvalue weighted by Crippen LogP contribution is 2.38. The van der Waals surface area contributed by atoms with Crippen molar-refractivity contribution in [2.75, 3.05) is 20.6 Å². The molecule has 2 aromatic carbocycles. The van der Waals surface area contributed by atoms with E-state index in [1.807, 2.05) is 36.4 Å². The number of nitrogens with zero attached hydrogens (tertiary/aromatic N) is 5. The second-order valence-electron chi connectivity index (χ2n) is 8.60. The highest BCUT2D eigenvalue weighted by molar-refractivity contribution is 5.94. The second-order valence-corrected chi connectivity index (χ2v) is 8.60. The van der Waals surface area contributed by atoms with Crippen molar-refractivity contribution in [3.05, 3.63) is 101 Å². The van der Waals surface area contributed by atoms with Crippen molar-refractivity contribution in [2.24, 2.45) is 0 Å². The number of aromatic amines is 1. The number of aliphatic carboxylic acids is 1. The van der Waals surface area contributed by atoms with E-state index in [4.69, 9.17) is 14.6 Å². The fourth-order valence-corrected chi connectivity index (χ4v) is 3.48. The highest BCUT2D eigenvalue weighted by atomic mass is 16.6. The Kier molecular flexibility index (Phi) is 8.79. The summed E-state index contributed by atoms with van der Waals surface area (Å²) in [6, 6.07) is 21.6. The fraction of sp³-hybridized carbons (Fsp3) is 0.107. The van der Waals surface area contributed by atoms with E-state index >= 15 is 0 Å². The Morgan fingerprint density at radius 3 is 2.20 bits per heavy atom. The molecule has 1 amide bonds. The molecule has 0 radical (unpaired) electrons. The molecule has 5 rings (SSSR count). The normalized spacial score (nSPS) is 10.3. The third-order valence-corrected chi connectivity index (χ3v) is 5.31. The molecule has 0 aliphatic carbocycles. The molecule has 0 saturated heterocycles. The number of aromatic nitrogens is 4. The summed E-state index contributed by atoms with van der Waals surface area (Å²) in [4.78, 5) is 48.0. The van der Waals surface area contributed by atoms with Gasteiger partial charge in [0.1, 0.15) is 11.4 Å². The Balaban J connectivity index is 0.000000493. The number of nitrogens with one attached hydrogen (secondary N) is 1. The van der Waals surface area contributed by atoms with Gasteiger partial charge in [0.05, 0.1) is 11.0 Å². The van der Waals surface area contributed by atoms with E-state index in [0.717, 1.165) is 11.2 Å². The Labute approximate surface area is 233 Å². The zero-order valence-electron chi connectivity index (χ0n) is 21.9. The lowest BCUT2D eigenvalue weighted by Crippen LogP contribution is -2.21. The van der Waals surface area contributed by atoms with Gasteiger partial charge < -0.3 is 24.5 Å².